The zero-order valence-corrected chi connectivity index (χ0v) is 13.7. The van der Waals surface area contributed by atoms with Crippen molar-refractivity contribution in [1.82, 2.24) is 15.3 Å². The number of H-pyrrole nitrogens is 1. The molecule has 4 N–H and O–H groups in total. The molecular weight excluding hydrogens is 336 g/mol. The minimum atomic E-state index is -0.634. The first-order valence-corrected chi connectivity index (χ1v) is 8.19. The summed E-state index contributed by atoms with van der Waals surface area (Å²) < 4.78 is 5.80. The fourth-order valence-corrected chi connectivity index (χ4v) is 3.20. The molecule has 1 fully saturated rings. The summed E-state index contributed by atoms with van der Waals surface area (Å²) in [5.41, 5.74) is 5.33. The Morgan fingerprint density at radius 3 is 2.85 bits per heavy atom. The Kier molecular flexibility index (Phi) is 3.80. The first-order valence-electron chi connectivity index (χ1n) is 8.19. The highest BCUT2D eigenvalue weighted by Crippen LogP contribution is 2.28. The molecule has 1 aliphatic rings. The van der Waals surface area contributed by atoms with Crippen LogP contribution in [-0.2, 0) is 4.79 Å². The van der Waals surface area contributed by atoms with Crippen molar-refractivity contribution in [2.75, 3.05) is 6.61 Å². The van der Waals surface area contributed by atoms with Gasteiger partial charge in [-0.3, -0.25) is 14.4 Å². The minimum Gasteiger partial charge on any atom is -0.475 e. The third kappa shape index (κ3) is 2.75. The van der Waals surface area contributed by atoms with Crippen LogP contribution < -0.4 is 21.3 Å². The van der Waals surface area contributed by atoms with Crippen molar-refractivity contribution in [2.45, 2.75) is 18.9 Å². The average Bonchev–Trinajstić information content (AvgIpc) is 3.04. The number of primary amides is 1. The Labute approximate surface area is 147 Å². The molecule has 0 spiro atoms. The highest BCUT2D eigenvalue weighted by molar-refractivity contribution is 6.10. The van der Waals surface area contributed by atoms with Crippen LogP contribution in [0.15, 0.2) is 35.4 Å². The number of fused-ring (bicyclic) bond motifs is 2. The largest absolute Gasteiger partial charge is 0.475 e. The van der Waals surface area contributed by atoms with Gasteiger partial charge in [0, 0.05) is 35.0 Å². The Bertz CT molecular complexity index is 1110. The predicted molar refractivity (Wildman–Crippen MR) is 95.0 cm³/mol. The van der Waals surface area contributed by atoms with Gasteiger partial charge in [0.25, 0.3) is 11.5 Å². The maximum absolute atomic E-state index is 12.1. The number of ether oxygens (including phenoxy) is 1. The van der Waals surface area contributed by atoms with Crippen LogP contribution in [0.3, 0.4) is 0 Å². The third-order valence-electron chi connectivity index (χ3n) is 4.52. The molecule has 2 amide bonds. The number of pyridine rings is 2. The summed E-state index contributed by atoms with van der Waals surface area (Å²) in [6.45, 7) is 0.300. The van der Waals surface area contributed by atoms with Crippen LogP contribution in [0.5, 0.6) is 5.88 Å². The maximum Gasteiger partial charge on any atom is 0.255 e. The lowest BCUT2D eigenvalue weighted by Gasteiger charge is -2.13. The minimum absolute atomic E-state index is 0.0146. The lowest BCUT2D eigenvalue weighted by atomic mass is 10.0. The number of aromatic amines is 1. The van der Waals surface area contributed by atoms with Gasteiger partial charge in [0.05, 0.1) is 11.6 Å². The monoisotopic (exact) mass is 352 g/mol. The summed E-state index contributed by atoms with van der Waals surface area (Å²) in [7, 11) is 0. The number of hydrogen-bond acceptors (Lipinski definition) is 5. The van der Waals surface area contributed by atoms with Gasteiger partial charge >= 0.3 is 0 Å². The van der Waals surface area contributed by atoms with Gasteiger partial charge in [0.2, 0.25) is 11.8 Å². The molecule has 3 heterocycles. The molecule has 0 radical (unpaired) electrons. The normalized spacial score (nSPS) is 16.8. The van der Waals surface area contributed by atoms with Gasteiger partial charge in [-0.1, -0.05) is 0 Å². The molecule has 26 heavy (non-hydrogen) atoms. The fraction of sp³-hybridized carbons (Fsp3) is 0.222. The number of hydrogen-bond donors (Lipinski definition) is 3. The van der Waals surface area contributed by atoms with Crippen molar-refractivity contribution in [2.24, 2.45) is 5.73 Å². The first kappa shape index (κ1) is 16.1. The summed E-state index contributed by atoms with van der Waals surface area (Å²) in [5, 5.41) is 5.07. The molecule has 1 aromatic carbocycles. The van der Waals surface area contributed by atoms with Gasteiger partial charge in [-0.15, -0.1) is 0 Å². The Balaban J connectivity index is 1.80. The molecule has 0 saturated carbocycles. The molecule has 0 aliphatic carbocycles. The fourth-order valence-electron chi connectivity index (χ4n) is 3.20. The highest BCUT2D eigenvalue weighted by atomic mass is 16.5. The molecule has 8 nitrogen and oxygen atoms in total. The predicted octanol–water partition coefficient (Wildman–Crippen LogP) is 0.833. The third-order valence-corrected chi connectivity index (χ3v) is 4.52. The van der Waals surface area contributed by atoms with Crippen molar-refractivity contribution < 1.29 is 14.3 Å². The van der Waals surface area contributed by atoms with E-state index in [0.29, 0.717) is 41.5 Å². The van der Waals surface area contributed by atoms with Gasteiger partial charge in [0.15, 0.2) is 0 Å². The van der Waals surface area contributed by atoms with E-state index in [1.54, 1.807) is 24.4 Å². The molecule has 8 heteroatoms. The van der Waals surface area contributed by atoms with Gasteiger partial charge in [-0.05, 0) is 30.0 Å². The summed E-state index contributed by atoms with van der Waals surface area (Å²) >= 11 is 0. The summed E-state index contributed by atoms with van der Waals surface area (Å²) in [6.07, 6.45) is 4.10. The van der Waals surface area contributed by atoms with Gasteiger partial charge in [-0.25, -0.2) is 4.98 Å². The van der Waals surface area contributed by atoms with Crippen LogP contribution in [0.1, 0.15) is 23.2 Å². The lowest BCUT2D eigenvalue weighted by Crippen LogP contribution is -2.31. The number of benzene rings is 1. The molecule has 4 rings (SSSR count). The number of amides is 2. The number of rotatable bonds is 4. The Morgan fingerprint density at radius 2 is 2.12 bits per heavy atom. The average molecular weight is 352 g/mol. The number of nitrogens with two attached hydrogens (primary N) is 1. The van der Waals surface area contributed by atoms with E-state index >= 15 is 0 Å². The molecule has 1 atom stereocenters. The Morgan fingerprint density at radius 1 is 1.27 bits per heavy atom. The van der Waals surface area contributed by atoms with E-state index in [0.717, 1.165) is 5.39 Å². The van der Waals surface area contributed by atoms with Crippen LogP contribution in [0.4, 0.5) is 0 Å². The van der Waals surface area contributed by atoms with E-state index in [4.69, 9.17) is 10.5 Å². The second-order valence-corrected chi connectivity index (χ2v) is 6.24. The van der Waals surface area contributed by atoms with Crippen molar-refractivity contribution in [3.63, 3.8) is 0 Å². The molecule has 0 unspecified atom stereocenters. The van der Waals surface area contributed by atoms with Crippen molar-refractivity contribution in [1.29, 1.82) is 0 Å². The van der Waals surface area contributed by atoms with Crippen LogP contribution in [-0.4, -0.2) is 34.4 Å². The molecule has 3 aromatic rings. The molecule has 0 bridgehead atoms. The maximum atomic E-state index is 12.1. The number of carbonyl (C=O) groups is 2. The zero-order chi connectivity index (χ0) is 18.3. The SMILES string of the molecule is NC(=O)c1c[nH]c(=O)c2cc3ccnc(OC[C@@H]4CCC(=O)N4)c3cc12. The second kappa shape index (κ2) is 6.14. The van der Waals surface area contributed by atoms with E-state index in [-0.39, 0.29) is 23.1 Å². The highest BCUT2D eigenvalue weighted by Gasteiger charge is 2.21. The van der Waals surface area contributed by atoms with E-state index in [1.807, 2.05) is 0 Å². The number of aromatic nitrogens is 2. The van der Waals surface area contributed by atoms with Gasteiger partial charge < -0.3 is 20.8 Å². The lowest BCUT2D eigenvalue weighted by molar-refractivity contribution is -0.119. The summed E-state index contributed by atoms with van der Waals surface area (Å²) in [6, 6.07) is 5.08. The number of nitrogens with one attached hydrogen (secondary N) is 2. The molecule has 2 aromatic heterocycles. The van der Waals surface area contributed by atoms with Crippen LogP contribution in [0, 0.1) is 0 Å². The first-order chi connectivity index (χ1) is 12.5. The molecule has 1 aliphatic heterocycles. The van der Waals surface area contributed by atoms with Crippen LogP contribution >= 0.6 is 0 Å². The van der Waals surface area contributed by atoms with Crippen LogP contribution in [0.2, 0.25) is 0 Å². The van der Waals surface area contributed by atoms with Gasteiger partial charge in [-0.2, -0.15) is 0 Å². The smallest absolute Gasteiger partial charge is 0.255 e. The van der Waals surface area contributed by atoms with E-state index < -0.39 is 5.91 Å². The van der Waals surface area contributed by atoms with Gasteiger partial charge in [0.1, 0.15) is 6.61 Å². The summed E-state index contributed by atoms with van der Waals surface area (Å²) in [4.78, 5) is 41.9. The number of nitrogens with zero attached hydrogens (tertiary/aromatic N) is 1. The van der Waals surface area contributed by atoms with E-state index in [1.165, 1.54) is 6.20 Å². The van der Waals surface area contributed by atoms with E-state index in [9.17, 15) is 14.4 Å². The zero-order valence-electron chi connectivity index (χ0n) is 13.7. The van der Waals surface area contributed by atoms with Crippen molar-refractivity contribution in [3.8, 4) is 5.88 Å². The summed E-state index contributed by atoms with van der Waals surface area (Å²) in [5.74, 6) is -0.243. The standard InChI is InChI=1S/C18H16N4O4/c19-16(24)14-7-21-17(25)13-5-9-3-4-20-18(11(9)6-12(13)14)26-8-10-1-2-15(23)22-10/h3-7,10H,1-2,8H2,(H2,19,24)(H,21,25)(H,22,23)/t10-/m0/s1. The number of carbonyl (C=O) groups excluding carboxylic acids is 2. The van der Waals surface area contributed by atoms with Crippen LogP contribution in [0.25, 0.3) is 21.5 Å². The molecule has 1 saturated heterocycles. The van der Waals surface area contributed by atoms with Crippen molar-refractivity contribution in [3.05, 3.63) is 46.5 Å². The molecular formula is C18H16N4O4. The quantitative estimate of drug-likeness (QED) is 0.599. The Hall–Kier alpha value is -3.42. The second-order valence-electron chi connectivity index (χ2n) is 6.24. The molecule has 132 valence electrons. The van der Waals surface area contributed by atoms with Crippen molar-refractivity contribution >= 4 is 33.4 Å². The van der Waals surface area contributed by atoms with E-state index in [2.05, 4.69) is 15.3 Å². The topological polar surface area (TPSA) is 127 Å².